The summed E-state index contributed by atoms with van der Waals surface area (Å²) in [5.74, 6) is -1.56. The normalized spacial score (nSPS) is 9.88. The van der Waals surface area contributed by atoms with E-state index in [1.165, 1.54) is 0 Å². The molecule has 0 radical (unpaired) electrons. The summed E-state index contributed by atoms with van der Waals surface area (Å²) in [7, 11) is 0. The number of aromatic nitrogens is 1. The molecule has 1 atom stereocenters. The van der Waals surface area contributed by atoms with E-state index in [-0.39, 0.29) is 19.4 Å². The Kier molecular flexibility index (Phi) is 15.3. The summed E-state index contributed by atoms with van der Waals surface area (Å²) >= 11 is 0. The quantitative estimate of drug-likeness (QED) is 0.511. The second-order valence-electron chi connectivity index (χ2n) is 4.33. The number of carboxylic acid groups (broad SMARTS) is 2. The van der Waals surface area contributed by atoms with Crippen molar-refractivity contribution in [2.24, 2.45) is 5.73 Å². The van der Waals surface area contributed by atoms with Crippen LogP contribution < -0.4 is 11.1 Å². The zero-order chi connectivity index (χ0) is 20.5. The Labute approximate surface area is 153 Å². The molecule has 0 fully saturated rings. The van der Waals surface area contributed by atoms with Crippen LogP contribution in [0.4, 0.5) is 0 Å². The van der Waals surface area contributed by atoms with E-state index in [0.29, 0.717) is 0 Å². The van der Waals surface area contributed by atoms with Crippen LogP contribution >= 0.6 is 0 Å². The molecule has 0 spiro atoms. The third-order valence-electron chi connectivity index (χ3n) is 2.92. The zero-order valence-corrected chi connectivity index (χ0v) is 15.7. The number of nitrogens with one attached hydrogen (secondary N) is 2. The fraction of sp³-hybridized carbons (Fsp3) is 0.389. The Bertz CT molecular complexity index is 655. The number of rotatable bonds is 5. The van der Waals surface area contributed by atoms with Gasteiger partial charge < -0.3 is 26.2 Å². The number of fused-ring (bicyclic) bond motifs is 1. The van der Waals surface area contributed by atoms with Gasteiger partial charge in [0, 0.05) is 23.5 Å². The molecule has 146 valence electrons. The minimum absolute atomic E-state index is 0.213. The van der Waals surface area contributed by atoms with Gasteiger partial charge in [-0.05, 0) is 11.6 Å². The summed E-state index contributed by atoms with van der Waals surface area (Å²) in [5, 5.41) is 19.4. The average Bonchev–Trinajstić information content (AvgIpc) is 3.08. The summed E-state index contributed by atoms with van der Waals surface area (Å²) in [5.41, 5.74) is 6.96. The minimum atomic E-state index is -1.08. The van der Waals surface area contributed by atoms with E-state index in [1.807, 2.05) is 52.0 Å². The number of aromatic amines is 1. The number of aliphatic carboxylic acids is 1. The molecule has 0 bridgehead atoms. The molecule has 0 aliphatic rings. The summed E-state index contributed by atoms with van der Waals surface area (Å²) in [6.07, 6.45) is 1.97. The van der Waals surface area contributed by atoms with Crippen molar-refractivity contribution in [3.05, 3.63) is 36.0 Å². The van der Waals surface area contributed by atoms with Crippen molar-refractivity contribution in [3.63, 3.8) is 0 Å². The van der Waals surface area contributed by atoms with Crippen LogP contribution in [0.1, 0.15) is 33.3 Å². The molecule has 26 heavy (non-hydrogen) atoms. The Hall–Kier alpha value is -2.87. The van der Waals surface area contributed by atoms with Gasteiger partial charge in [0.2, 0.25) is 5.91 Å². The predicted octanol–water partition coefficient (Wildman–Crippen LogP) is 1.99. The number of hydrogen-bond acceptors (Lipinski definition) is 4. The van der Waals surface area contributed by atoms with Gasteiger partial charge in [-0.2, -0.15) is 0 Å². The highest BCUT2D eigenvalue weighted by atomic mass is 16.4. The van der Waals surface area contributed by atoms with Crippen molar-refractivity contribution in [2.75, 3.05) is 6.54 Å². The maximum Gasteiger partial charge on any atom is 0.326 e. The SMILES string of the molecule is CC.CC.NCC(=O)NC(Cc1c[nH]c2ccccc12)C(=O)O.O=CO. The maximum atomic E-state index is 11.2. The van der Waals surface area contributed by atoms with Crippen molar-refractivity contribution in [1.29, 1.82) is 0 Å². The smallest absolute Gasteiger partial charge is 0.326 e. The maximum absolute atomic E-state index is 11.2. The number of carbonyl (C=O) groups is 3. The van der Waals surface area contributed by atoms with E-state index < -0.39 is 17.9 Å². The van der Waals surface area contributed by atoms with Gasteiger partial charge >= 0.3 is 5.97 Å². The van der Waals surface area contributed by atoms with Gasteiger partial charge in [-0.25, -0.2) is 4.79 Å². The lowest BCUT2D eigenvalue weighted by Crippen LogP contribution is -2.44. The summed E-state index contributed by atoms with van der Waals surface area (Å²) < 4.78 is 0. The topological polar surface area (TPSA) is 146 Å². The van der Waals surface area contributed by atoms with Crippen LogP contribution in [0.3, 0.4) is 0 Å². The lowest BCUT2D eigenvalue weighted by atomic mass is 10.1. The molecule has 2 aromatic rings. The number of benzene rings is 1. The first-order valence-corrected chi connectivity index (χ1v) is 8.38. The van der Waals surface area contributed by atoms with Crippen LogP contribution in [-0.2, 0) is 20.8 Å². The van der Waals surface area contributed by atoms with Gasteiger partial charge in [0.25, 0.3) is 6.47 Å². The number of H-pyrrole nitrogens is 1. The van der Waals surface area contributed by atoms with Gasteiger partial charge in [0.1, 0.15) is 6.04 Å². The van der Waals surface area contributed by atoms with E-state index >= 15 is 0 Å². The number of nitrogens with two attached hydrogens (primary N) is 1. The standard InChI is InChI=1S/C13H15N3O3.2C2H6.CH2O2/c14-6-12(17)16-11(13(18)19)5-8-7-15-10-4-2-1-3-9(8)10;2*1-2;2-1-3/h1-4,7,11,15H,5-6,14H2,(H,16,17)(H,18,19);2*1-2H3;1H,(H,2,3). The predicted molar refractivity (Wildman–Crippen MR) is 102 cm³/mol. The molecule has 0 saturated heterocycles. The fourth-order valence-corrected chi connectivity index (χ4v) is 1.97. The van der Waals surface area contributed by atoms with Crippen LogP contribution in [0.15, 0.2) is 30.5 Å². The van der Waals surface area contributed by atoms with Crippen LogP contribution in [0, 0.1) is 0 Å². The van der Waals surface area contributed by atoms with Crippen molar-refractivity contribution in [1.82, 2.24) is 10.3 Å². The van der Waals surface area contributed by atoms with Crippen molar-refractivity contribution >= 4 is 29.3 Å². The first-order chi connectivity index (χ1) is 12.5. The molecule has 8 heteroatoms. The fourth-order valence-electron chi connectivity index (χ4n) is 1.97. The van der Waals surface area contributed by atoms with Crippen molar-refractivity contribution in [2.45, 2.75) is 40.2 Å². The third kappa shape index (κ3) is 8.84. The lowest BCUT2D eigenvalue weighted by molar-refractivity contribution is -0.141. The van der Waals surface area contributed by atoms with Gasteiger partial charge in [-0.1, -0.05) is 45.9 Å². The number of para-hydroxylation sites is 1. The van der Waals surface area contributed by atoms with Gasteiger partial charge in [0.05, 0.1) is 6.54 Å². The Morgan fingerprint density at radius 2 is 1.77 bits per heavy atom. The molecule has 2 rings (SSSR count). The summed E-state index contributed by atoms with van der Waals surface area (Å²) in [4.78, 5) is 33.8. The Morgan fingerprint density at radius 1 is 1.23 bits per heavy atom. The molecule has 1 aromatic heterocycles. The monoisotopic (exact) mass is 367 g/mol. The first-order valence-electron chi connectivity index (χ1n) is 8.38. The van der Waals surface area contributed by atoms with E-state index in [9.17, 15) is 9.59 Å². The second kappa shape index (κ2) is 15.6. The van der Waals surface area contributed by atoms with Crippen molar-refractivity contribution in [3.8, 4) is 0 Å². The molecule has 1 amide bonds. The van der Waals surface area contributed by atoms with Gasteiger partial charge in [0.15, 0.2) is 0 Å². The molecule has 0 aliphatic heterocycles. The number of amides is 1. The van der Waals surface area contributed by atoms with E-state index in [2.05, 4.69) is 10.3 Å². The Balaban J connectivity index is 0. The van der Waals surface area contributed by atoms with E-state index in [1.54, 1.807) is 6.20 Å². The molecule has 0 saturated carbocycles. The average molecular weight is 367 g/mol. The molecule has 1 unspecified atom stereocenters. The molecule has 1 aromatic carbocycles. The van der Waals surface area contributed by atoms with E-state index in [4.69, 9.17) is 20.7 Å². The molecule has 8 nitrogen and oxygen atoms in total. The third-order valence-corrected chi connectivity index (χ3v) is 2.92. The minimum Gasteiger partial charge on any atom is -0.483 e. The van der Waals surface area contributed by atoms with Crippen LogP contribution in [-0.4, -0.2) is 46.1 Å². The van der Waals surface area contributed by atoms with Crippen molar-refractivity contribution < 1.29 is 24.6 Å². The van der Waals surface area contributed by atoms with Crippen LogP contribution in [0.2, 0.25) is 0 Å². The van der Waals surface area contributed by atoms with Crippen LogP contribution in [0.25, 0.3) is 10.9 Å². The first kappa shape index (κ1) is 25.4. The Morgan fingerprint density at radius 3 is 2.27 bits per heavy atom. The highest BCUT2D eigenvalue weighted by Gasteiger charge is 2.21. The molecule has 6 N–H and O–H groups in total. The van der Waals surface area contributed by atoms with Gasteiger partial charge in [-0.15, -0.1) is 0 Å². The number of carbonyl (C=O) groups excluding carboxylic acids is 1. The molecule has 1 heterocycles. The summed E-state index contributed by atoms with van der Waals surface area (Å²) in [6.45, 7) is 7.53. The molecular formula is C18H29N3O5. The largest absolute Gasteiger partial charge is 0.483 e. The molecule has 0 aliphatic carbocycles. The van der Waals surface area contributed by atoms with Crippen LogP contribution in [0.5, 0.6) is 0 Å². The second-order valence-corrected chi connectivity index (χ2v) is 4.33. The number of carboxylic acids is 1. The highest BCUT2D eigenvalue weighted by molar-refractivity contribution is 5.87. The zero-order valence-electron chi connectivity index (χ0n) is 15.7. The molecular weight excluding hydrogens is 338 g/mol. The highest BCUT2D eigenvalue weighted by Crippen LogP contribution is 2.19. The number of hydrogen-bond donors (Lipinski definition) is 5. The summed E-state index contributed by atoms with van der Waals surface area (Å²) in [6, 6.07) is 6.62. The van der Waals surface area contributed by atoms with E-state index in [0.717, 1.165) is 16.5 Å². The lowest BCUT2D eigenvalue weighted by Gasteiger charge is -2.13. The van der Waals surface area contributed by atoms with Gasteiger partial charge in [-0.3, -0.25) is 9.59 Å².